The molecule has 1 saturated carbocycles. The number of amides is 1. The molecule has 1 unspecified atom stereocenters. The van der Waals surface area contributed by atoms with Gasteiger partial charge >= 0.3 is 0 Å². The lowest BCUT2D eigenvalue weighted by molar-refractivity contribution is 0.0686. The Morgan fingerprint density at radius 3 is 2.60 bits per heavy atom. The fourth-order valence-corrected chi connectivity index (χ4v) is 7.01. The number of sulfone groups is 1. The van der Waals surface area contributed by atoms with Gasteiger partial charge in [0.15, 0.2) is 9.84 Å². The molecule has 0 N–H and O–H groups in total. The van der Waals surface area contributed by atoms with Crippen LogP contribution in [0.5, 0.6) is 0 Å². The van der Waals surface area contributed by atoms with Crippen molar-refractivity contribution in [1.29, 1.82) is 0 Å². The van der Waals surface area contributed by atoms with Crippen LogP contribution >= 0.6 is 11.3 Å². The molecule has 1 aliphatic carbocycles. The number of carbonyl (C=O) groups excluding carboxylic acids is 1. The fraction of sp³-hybridized carbons (Fsp3) is 0.429. The Kier molecular flexibility index (Phi) is 4.70. The maximum atomic E-state index is 13.4. The van der Waals surface area contributed by atoms with Crippen LogP contribution in [0.15, 0.2) is 30.3 Å². The van der Waals surface area contributed by atoms with Crippen LogP contribution in [0, 0.1) is 12.7 Å². The first-order valence-electron chi connectivity index (χ1n) is 10.1. The lowest BCUT2D eigenvalue weighted by atomic mass is 10.2. The number of aryl methyl sites for hydroxylation is 1. The summed E-state index contributed by atoms with van der Waals surface area (Å²) in [4.78, 5) is 16.7. The smallest absolute Gasteiger partial charge is 0.264 e. The van der Waals surface area contributed by atoms with E-state index in [0.717, 1.165) is 34.3 Å². The van der Waals surface area contributed by atoms with E-state index < -0.39 is 9.84 Å². The predicted molar refractivity (Wildman–Crippen MR) is 114 cm³/mol. The van der Waals surface area contributed by atoms with Gasteiger partial charge in [-0.25, -0.2) is 12.8 Å². The Bertz CT molecular complexity index is 1230. The second-order valence-corrected chi connectivity index (χ2v) is 11.5. The summed E-state index contributed by atoms with van der Waals surface area (Å²) in [7, 11) is -3.06. The molecule has 1 aliphatic heterocycles. The molecule has 3 heterocycles. The molecular formula is C21H22FN3O3S2. The SMILES string of the molecule is Cc1nn(Cc2ccc(F)cc2)c2sc(C(=O)N(C3CC3)C3CCS(=O)(=O)C3)cc12. The predicted octanol–water partition coefficient (Wildman–Crippen LogP) is 3.39. The molecule has 5 rings (SSSR count). The van der Waals surface area contributed by atoms with Crippen molar-refractivity contribution < 1.29 is 17.6 Å². The third-order valence-electron chi connectivity index (χ3n) is 5.84. The van der Waals surface area contributed by atoms with Gasteiger partial charge in [0.2, 0.25) is 0 Å². The Balaban J connectivity index is 1.45. The van der Waals surface area contributed by atoms with E-state index in [1.165, 1.54) is 23.5 Å². The highest BCUT2D eigenvalue weighted by Gasteiger charge is 2.42. The van der Waals surface area contributed by atoms with Crippen LogP contribution in [-0.4, -0.2) is 52.6 Å². The van der Waals surface area contributed by atoms with Crippen LogP contribution in [-0.2, 0) is 16.4 Å². The average Bonchev–Trinajstić information content (AvgIpc) is 3.20. The number of nitrogens with zero attached hydrogens (tertiary/aromatic N) is 3. The number of thiophene rings is 1. The normalized spacial score (nSPS) is 20.7. The molecule has 0 bridgehead atoms. The number of aromatic nitrogens is 2. The van der Waals surface area contributed by atoms with E-state index in [1.54, 1.807) is 12.1 Å². The van der Waals surface area contributed by atoms with E-state index in [4.69, 9.17) is 0 Å². The first-order valence-corrected chi connectivity index (χ1v) is 12.7. The maximum absolute atomic E-state index is 13.4. The van der Waals surface area contributed by atoms with Crippen LogP contribution in [0.25, 0.3) is 10.2 Å². The maximum Gasteiger partial charge on any atom is 0.264 e. The molecule has 0 radical (unpaired) electrons. The summed E-state index contributed by atoms with van der Waals surface area (Å²) in [6.45, 7) is 2.40. The van der Waals surface area contributed by atoms with Gasteiger partial charge in [0.05, 0.1) is 28.6 Å². The number of hydrogen-bond acceptors (Lipinski definition) is 5. The lowest BCUT2D eigenvalue weighted by Crippen LogP contribution is -2.42. The number of halogens is 1. The van der Waals surface area contributed by atoms with E-state index in [1.807, 2.05) is 22.6 Å². The Morgan fingerprint density at radius 2 is 1.97 bits per heavy atom. The van der Waals surface area contributed by atoms with E-state index in [2.05, 4.69) is 5.10 Å². The molecule has 3 aromatic rings. The Hall–Kier alpha value is -2.26. The third-order valence-corrected chi connectivity index (χ3v) is 8.73. The van der Waals surface area contributed by atoms with E-state index in [0.29, 0.717) is 17.8 Å². The van der Waals surface area contributed by atoms with Gasteiger partial charge in [-0.05, 0) is 49.9 Å². The van der Waals surface area contributed by atoms with Crippen molar-refractivity contribution in [2.75, 3.05) is 11.5 Å². The van der Waals surface area contributed by atoms with Gasteiger partial charge in [-0.1, -0.05) is 12.1 Å². The average molecular weight is 448 g/mol. The largest absolute Gasteiger partial charge is 0.331 e. The van der Waals surface area contributed by atoms with Crippen LogP contribution in [0.2, 0.25) is 0 Å². The summed E-state index contributed by atoms with van der Waals surface area (Å²) in [5.74, 6) is -0.128. The number of hydrogen-bond donors (Lipinski definition) is 0. The summed E-state index contributed by atoms with van der Waals surface area (Å²) in [5, 5.41) is 5.52. The second-order valence-electron chi connectivity index (χ2n) is 8.20. The standard InChI is InChI=1S/C21H22FN3O3S2/c1-13-18-10-19(20(26)25(16-6-7-16)17-8-9-30(27,28)12-17)29-21(18)24(23-13)11-14-2-4-15(22)5-3-14/h2-5,10,16-17H,6-9,11-12H2,1H3. The topological polar surface area (TPSA) is 72.3 Å². The van der Waals surface area contributed by atoms with Gasteiger partial charge in [0.25, 0.3) is 5.91 Å². The van der Waals surface area contributed by atoms with Crippen LogP contribution < -0.4 is 0 Å². The zero-order valence-electron chi connectivity index (χ0n) is 16.5. The molecule has 1 saturated heterocycles. The fourth-order valence-electron chi connectivity index (χ4n) is 4.19. The summed E-state index contributed by atoms with van der Waals surface area (Å²) >= 11 is 1.39. The van der Waals surface area contributed by atoms with Gasteiger partial charge in [0, 0.05) is 17.5 Å². The number of benzene rings is 1. The molecule has 2 aliphatic rings. The van der Waals surface area contributed by atoms with Crippen molar-refractivity contribution in [3.8, 4) is 0 Å². The van der Waals surface area contributed by atoms with Gasteiger partial charge in [-0.2, -0.15) is 5.10 Å². The molecule has 1 amide bonds. The van der Waals surface area contributed by atoms with Crippen molar-refractivity contribution >= 4 is 37.3 Å². The first-order chi connectivity index (χ1) is 14.3. The molecule has 30 heavy (non-hydrogen) atoms. The minimum atomic E-state index is -3.06. The van der Waals surface area contributed by atoms with E-state index >= 15 is 0 Å². The molecule has 1 aromatic carbocycles. The molecule has 2 fully saturated rings. The van der Waals surface area contributed by atoms with Crippen molar-refractivity contribution in [1.82, 2.24) is 14.7 Å². The molecule has 1 atom stereocenters. The number of carbonyl (C=O) groups is 1. The molecule has 9 heteroatoms. The molecule has 158 valence electrons. The first kappa shape index (κ1) is 19.7. The molecule has 2 aromatic heterocycles. The van der Waals surface area contributed by atoms with E-state index in [-0.39, 0.29) is 35.3 Å². The number of rotatable bonds is 5. The second kappa shape index (κ2) is 7.16. The zero-order chi connectivity index (χ0) is 21.0. The summed E-state index contributed by atoms with van der Waals surface area (Å²) in [6.07, 6.45) is 2.39. The number of fused-ring (bicyclic) bond motifs is 1. The van der Waals surface area contributed by atoms with Gasteiger partial charge in [0.1, 0.15) is 10.6 Å². The van der Waals surface area contributed by atoms with Crippen LogP contribution in [0.3, 0.4) is 0 Å². The zero-order valence-corrected chi connectivity index (χ0v) is 18.2. The van der Waals surface area contributed by atoms with Gasteiger partial charge < -0.3 is 4.90 Å². The van der Waals surface area contributed by atoms with Crippen molar-refractivity contribution in [2.45, 2.75) is 44.8 Å². The minimum Gasteiger partial charge on any atom is -0.331 e. The minimum absolute atomic E-state index is 0.0670. The summed E-state index contributed by atoms with van der Waals surface area (Å²) < 4.78 is 39.0. The van der Waals surface area contributed by atoms with Crippen molar-refractivity contribution in [3.63, 3.8) is 0 Å². The quantitative estimate of drug-likeness (QED) is 0.601. The Labute approximate surface area is 178 Å². The van der Waals surface area contributed by atoms with Gasteiger partial charge in [-0.3, -0.25) is 9.48 Å². The Morgan fingerprint density at radius 1 is 1.23 bits per heavy atom. The monoisotopic (exact) mass is 447 g/mol. The summed E-state index contributed by atoms with van der Waals surface area (Å²) in [5.41, 5.74) is 1.77. The van der Waals surface area contributed by atoms with Crippen LogP contribution in [0.1, 0.15) is 40.2 Å². The summed E-state index contributed by atoms with van der Waals surface area (Å²) in [6, 6.07) is 8.12. The highest BCUT2D eigenvalue weighted by Crippen LogP contribution is 2.36. The lowest BCUT2D eigenvalue weighted by Gasteiger charge is -2.27. The van der Waals surface area contributed by atoms with Crippen molar-refractivity contribution in [3.05, 3.63) is 52.3 Å². The van der Waals surface area contributed by atoms with Crippen LogP contribution in [0.4, 0.5) is 4.39 Å². The third kappa shape index (κ3) is 3.65. The van der Waals surface area contributed by atoms with E-state index in [9.17, 15) is 17.6 Å². The highest BCUT2D eigenvalue weighted by atomic mass is 32.2. The molecule has 6 nitrogen and oxygen atoms in total. The van der Waals surface area contributed by atoms with Crippen molar-refractivity contribution in [2.24, 2.45) is 0 Å². The molecular weight excluding hydrogens is 425 g/mol. The van der Waals surface area contributed by atoms with Gasteiger partial charge in [-0.15, -0.1) is 11.3 Å². The molecule has 0 spiro atoms. The highest BCUT2D eigenvalue weighted by molar-refractivity contribution is 7.91.